The second-order valence-corrected chi connectivity index (χ2v) is 3.83. The van der Waals surface area contributed by atoms with Gasteiger partial charge in [0, 0.05) is 6.21 Å². The Hall–Kier alpha value is -2.44. The van der Waals surface area contributed by atoms with E-state index in [2.05, 4.69) is 10.2 Å². The molecule has 0 unspecified atom stereocenters. The van der Waals surface area contributed by atoms with Crippen LogP contribution in [0.2, 0.25) is 0 Å². The summed E-state index contributed by atoms with van der Waals surface area (Å²) in [5.74, 6) is -0.235. The van der Waals surface area contributed by atoms with Crippen molar-refractivity contribution in [3.05, 3.63) is 46.0 Å². The van der Waals surface area contributed by atoms with E-state index in [1.807, 2.05) is 37.3 Å². The first-order chi connectivity index (χ1) is 9.13. The molecule has 0 aromatic heterocycles. The van der Waals surface area contributed by atoms with Crippen LogP contribution in [0.3, 0.4) is 0 Å². The van der Waals surface area contributed by atoms with Crippen LogP contribution in [-0.4, -0.2) is 22.2 Å². The van der Waals surface area contributed by atoms with E-state index in [1.165, 1.54) is 5.01 Å². The van der Waals surface area contributed by atoms with Crippen LogP contribution in [0.4, 0.5) is 0 Å². The van der Waals surface area contributed by atoms with Gasteiger partial charge in [-0.25, -0.2) is 15.1 Å². The molecule has 0 aliphatic heterocycles. The standard InChI is InChI=1S/C12H17N5O2/c1-2-3-9-14-16(12(13)15-17(18)19)10-11-7-5-4-6-8-11/h4-9H,2-3,10H2,1H3,(H2,13,15)/b14-9-. The zero-order valence-electron chi connectivity index (χ0n) is 10.8. The molecular weight excluding hydrogens is 246 g/mol. The molecular formula is C12H17N5O2. The molecule has 1 rings (SSSR count). The van der Waals surface area contributed by atoms with Gasteiger partial charge in [0.05, 0.1) is 6.54 Å². The molecule has 0 spiro atoms. The Morgan fingerprint density at radius 3 is 2.74 bits per heavy atom. The van der Waals surface area contributed by atoms with Crippen LogP contribution in [0.5, 0.6) is 0 Å². The molecule has 1 aromatic carbocycles. The molecule has 0 fully saturated rings. The van der Waals surface area contributed by atoms with Gasteiger partial charge in [-0.2, -0.15) is 5.10 Å². The number of nitrogens with zero attached hydrogens (tertiary/aromatic N) is 4. The van der Waals surface area contributed by atoms with E-state index in [1.54, 1.807) is 6.21 Å². The van der Waals surface area contributed by atoms with Gasteiger partial charge in [-0.15, -0.1) is 0 Å². The van der Waals surface area contributed by atoms with Crippen molar-refractivity contribution in [2.75, 3.05) is 0 Å². The van der Waals surface area contributed by atoms with Crippen molar-refractivity contribution >= 4 is 12.2 Å². The number of hydrogen-bond donors (Lipinski definition) is 1. The Morgan fingerprint density at radius 1 is 1.47 bits per heavy atom. The molecule has 7 heteroatoms. The van der Waals surface area contributed by atoms with Gasteiger partial charge in [-0.1, -0.05) is 43.7 Å². The van der Waals surface area contributed by atoms with E-state index >= 15 is 0 Å². The predicted molar refractivity (Wildman–Crippen MR) is 74.0 cm³/mol. The van der Waals surface area contributed by atoms with Gasteiger partial charge >= 0.3 is 0 Å². The topological polar surface area (TPSA) is 97.1 Å². The second-order valence-electron chi connectivity index (χ2n) is 3.83. The highest BCUT2D eigenvalue weighted by Gasteiger charge is 2.10. The summed E-state index contributed by atoms with van der Waals surface area (Å²) >= 11 is 0. The van der Waals surface area contributed by atoms with Crippen molar-refractivity contribution in [1.29, 1.82) is 0 Å². The third kappa shape index (κ3) is 5.62. The predicted octanol–water partition coefficient (Wildman–Crippen LogP) is 1.78. The van der Waals surface area contributed by atoms with Crippen LogP contribution < -0.4 is 5.73 Å². The van der Waals surface area contributed by atoms with Gasteiger partial charge in [-0.05, 0) is 12.0 Å². The lowest BCUT2D eigenvalue weighted by Crippen LogP contribution is -2.33. The van der Waals surface area contributed by atoms with Crippen molar-refractivity contribution in [2.45, 2.75) is 26.3 Å². The summed E-state index contributed by atoms with van der Waals surface area (Å²) in [6.07, 6.45) is 3.39. The fourth-order valence-corrected chi connectivity index (χ4v) is 1.36. The lowest BCUT2D eigenvalue weighted by atomic mass is 10.2. The summed E-state index contributed by atoms with van der Waals surface area (Å²) in [7, 11) is 0. The number of rotatable bonds is 6. The van der Waals surface area contributed by atoms with Crippen LogP contribution in [0, 0.1) is 10.1 Å². The number of guanidine groups is 1. The molecule has 1 aromatic rings. The number of hydrogen-bond acceptors (Lipinski definition) is 3. The van der Waals surface area contributed by atoms with E-state index < -0.39 is 5.03 Å². The van der Waals surface area contributed by atoms with Gasteiger partial charge in [0.15, 0.2) is 5.03 Å². The number of unbranched alkanes of at least 4 members (excludes halogenated alkanes) is 1. The molecule has 7 nitrogen and oxygen atoms in total. The van der Waals surface area contributed by atoms with Crippen molar-refractivity contribution in [1.82, 2.24) is 5.01 Å². The second kappa shape index (κ2) is 7.80. The minimum absolute atomic E-state index is 0.235. The van der Waals surface area contributed by atoms with Crippen LogP contribution in [0.25, 0.3) is 0 Å². The average molecular weight is 263 g/mol. The highest BCUT2D eigenvalue weighted by Crippen LogP contribution is 2.04. The van der Waals surface area contributed by atoms with Crippen LogP contribution in [0.15, 0.2) is 40.5 Å². The SMILES string of the molecule is CCC/C=N\N(Cc1ccccc1)/C(N)=N\[N+](=O)[O-]. The minimum Gasteiger partial charge on any atom is -0.363 e. The summed E-state index contributed by atoms with van der Waals surface area (Å²) < 4.78 is 0. The van der Waals surface area contributed by atoms with Crippen LogP contribution in [-0.2, 0) is 6.54 Å². The van der Waals surface area contributed by atoms with Gasteiger partial charge in [0.1, 0.15) is 5.10 Å². The van der Waals surface area contributed by atoms with Crippen LogP contribution >= 0.6 is 0 Å². The maximum atomic E-state index is 10.4. The maximum absolute atomic E-state index is 10.4. The van der Waals surface area contributed by atoms with Crippen molar-refractivity contribution in [3.8, 4) is 0 Å². The highest BCUT2D eigenvalue weighted by molar-refractivity contribution is 5.78. The molecule has 102 valence electrons. The fourth-order valence-electron chi connectivity index (χ4n) is 1.36. The Morgan fingerprint density at radius 2 is 2.16 bits per heavy atom. The van der Waals surface area contributed by atoms with E-state index in [0.717, 1.165) is 18.4 Å². The van der Waals surface area contributed by atoms with E-state index in [9.17, 15) is 10.1 Å². The maximum Gasteiger partial charge on any atom is 0.289 e. The molecule has 2 N–H and O–H groups in total. The number of nitrogens with two attached hydrogens (primary N) is 1. The molecule has 0 radical (unpaired) electrons. The third-order valence-corrected chi connectivity index (χ3v) is 2.26. The smallest absolute Gasteiger partial charge is 0.289 e. The first-order valence-corrected chi connectivity index (χ1v) is 5.96. The fraction of sp³-hybridized carbons (Fsp3) is 0.333. The van der Waals surface area contributed by atoms with Gasteiger partial charge in [0.25, 0.3) is 5.96 Å². The summed E-state index contributed by atoms with van der Waals surface area (Å²) in [5.41, 5.74) is 6.51. The molecule has 0 atom stereocenters. The zero-order chi connectivity index (χ0) is 14.1. The third-order valence-electron chi connectivity index (χ3n) is 2.26. The number of hydrazone groups is 2. The molecule has 0 aliphatic carbocycles. The first-order valence-electron chi connectivity index (χ1n) is 5.96. The molecule has 0 amide bonds. The van der Waals surface area contributed by atoms with Gasteiger partial charge in [0.2, 0.25) is 0 Å². The zero-order valence-corrected chi connectivity index (χ0v) is 10.8. The molecule has 0 saturated carbocycles. The lowest BCUT2D eigenvalue weighted by molar-refractivity contribution is -0.485. The largest absolute Gasteiger partial charge is 0.363 e. The Kier molecular flexibility index (Phi) is 6.00. The van der Waals surface area contributed by atoms with Gasteiger partial charge in [-0.3, -0.25) is 0 Å². The Labute approximate surface area is 111 Å². The molecule has 19 heavy (non-hydrogen) atoms. The molecule has 0 aliphatic rings. The van der Waals surface area contributed by atoms with Crippen molar-refractivity contribution in [3.63, 3.8) is 0 Å². The normalized spacial score (nSPS) is 11.7. The average Bonchev–Trinajstić information content (AvgIpc) is 2.38. The van der Waals surface area contributed by atoms with Gasteiger partial charge < -0.3 is 5.73 Å². The quantitative estimate of drug-likeness (QED) is 0.366. The van der Waals surface area contributed by atoms with E-state index in [4.69, 9.17) is 5.73 Å². The van der Waals surface area contributed by atoms with E-state index in [0.29, 0.717) is 6.54 Å². The summed E-state index contributed by atoms with van der Waals surface area (Å²) in [6.45, 7) is 2.35. The van der Waals surface area contributed by atoms with E-state index in [-0.39, 0.29) is 5.96 Å². The summed E-state index contributed by atoms with van der Waals surface area (Å²) in [5, 5.41) is 18.0. The minimum atomic E-state index is -0.831. The Bertz CT molecular complexity index is 458. The highest BCUT2D eigenvalue weighted by atomic mass is 16.7. The Balaban J connectivity index is 2.83. The number of benzene rings is 1. The molecule has 0 bridgehead atoms. The van der Waals surface area contributed by atoms with Crippen molar-refractivity contribution < 1.29 is 5.03 Å². The van der Waals surface area contributed by atoms with Crippen molar-refractivity contribution in [2.24, 2.45) is 15.9 Å². The monoisotopic (exact) mass is 263 g/mol. The molecule has 0 heterocycles. The summed E-state index contributed by atoms with van der Waals surface area (Å²) in [6, 6.07) is 9.43. The summed E-state index contributed by atoms with van der Waals surface area (Å²) in [4.78, 5) is 10.4. The van der Waals surface area contributed by atoms with Crippen LogP contribution in [0.1, 0.15) is 25.3 Å². The lowest BCUT2D eigenvalue weighted by Gasteiger charge is -2.15. The number of nitro groups is 1. The first kappa shape index (κ1) is 14.6. The molecule has 0 saturated heterocycles.